The van der Waals surface area contributed by atoms with E-state index in [9.17, 15) is 4.39 Å². The molecule has 2 heterocycles. The van der Waals surface area contributed by atoms with Gasteiger partial charge in [-0.25, -0.2) is 9.37 Å². The first-order valence-corrected chi connectivity index (χ1v) is 8.85. The van der Waals surface area contributed by atoms with Crippen molar-refractivity contribution in [2.24, 2.45) is 0 Å². The number of anilines is 3. The van der Waals surface area contributed by atoms with Crippen molar-refractivity contribution < 1.29 is 4.39 Å². The zero-order chi connectivity index (χ0) is 17.8. The summed E-state index contributed by atoms with van der Waals surface area (Å²) in [7, 11) is 0. The molecule has 0 amide bonds. The van der Waals surface area contributed by atoms with Crippen LogP contribution in [0.4, 0.5) is 21.8 Å². The van der Waals surface area contributed by atoms with Crippen LogP contribution in [0.2, 0.25) is 0 Å². The normalized spacial score (nSPS) is 14.3. The molecule has 0 saturated heterocycles. The van der Waals surface area contributed by atoms with Crippen molar-refractivity contribution in [2.45, 2.75) is 31.7 Å². The van der Waals surface area contributed by atoms with E-state index in [1.54, 1.807) is 30.6 Å². The second-order valence-corrected chi connectivity index (χ2v) is 6.43. The predicted molar refractivity (Wildman–Crippen MR) is 101 cm³/mol. The van der Waals surface area contributed by atoms with Gasteiger partial charge < -0.3 is 10.6 Å². The minimum atomic E-state index is -0.318. The molecule has 6 heteroatoms. The summed E-state index contributed by atoms with van der Waals surface area (Å²) in [6.45, 7) is 0. The number of hydrogen-bond donors (Lipinski definition) is 2. The summed E-state index contributed by atoms with van der Waals surface area (Å²) in [5.74, 6) is 0.796. The molecule has 1 aliphatic carbocycles. The van der Waals surface area contributed by atoms with Crippen molar-refractivity contribution in [3.8, 4) is 11.3 Å². The summed E-state index contributed by atoms with van der Waals surface area (Å²) in [4.78, 5) is 13.2. The Hall–Kier alpha value is -3.02. The van der Waals surface area contributed by atoms with E-state index in [-0.39, 0.29) is 5.82 Å². The quantitative estimate of drug-likeness (QED) is 0.694. The molecule has 0 bridgehead atoms. The van der Waals surface area contributed by atoms with E-state index in [1.807, 2.05) is 18.2 Å². The van der Waals surface area contributed by atoms with Gasteiger partial charge in [-0.15, -0.1) is 0 Å². The fourth-order valence-corrected chi connectivity index (χ4v) is 3.20. The summed E-state index contributed by atoms with van der Waals surface area (Å²) in [5, 5.41) is 6.49. The maximum absolute atomic E-state index is 14.0. The van der Waals surface area contributed by atoms with Crippen LogP contribution in [0, 0.1) is 5.82 Å². The van der Waals surface area contributed by atoms with Gasteiger partial charge in [0.05, 0.1) is 11.4 Å². The third-order valence-corrected chi connectivity index (χ3v) is 4.53. The van der Waals surface area contributed by atoms with Crippen LogP contribution in [0.15, 0.2) is 54.9 Å². The van der Waals surface area contributed by atoms with Crippen molar-refractivity contribution in [1.82, 2.24) is 15.0 Å². The number of aromatic nitrogens is 3. The first-order valence-electron chi connectivity index (χ1n) is 8.85. The summed E-state index contributed by atoms with van der Waals surface area (Å²) >= 11 is 0. The van der Waals surface area contributed by atoms with E-state index in [0.717, 1.165) is 24.1 Å². The van der Waals surface area contributed by atoms with E-state index < -0.39 is 0 Å². The average molecular weight is 349 g/mol. The number of nitrogens with zero attached hydrogens (tertiary/aromatic N) is 3. The Kier molecular flexibility index (Phi) is 4.73. The van der Waals surface area contributed by atoms with Gasteiger partial charge in [0.15, 0.2) is 0 Å². The second kappa shape index (κ2) is 7.47. The van der Waals surface area contributed by atoms with Crippen molar-refractivity contribution in [3.63, 3.8) is 0 Å². The zero-order valence-electron chi connectivity index (χ0n) is 14.3. The molecular formula is C20H20FN5. The highest BCUT2D eigenvalue weighted by Gasteiger charge is 2.17. The number of benzene rings is 1. The molecule has 0 unspecified atom stereocenters. The first-order chi connectivity index (χ1) is 12.8. The zero-order valence-corrected chi connectivity index (χ0v) is 14.3. The maximum Gasteiger partial charge on any atom is 0.225 e. The van der Waals surface area contributed by atoms with Crippen molar-refractivity contribution in [2.75, 3.05) is 10.6 Å². The summed E-state index contributed by atoms with van der Waals surface area (Å²) in [6, 6.07) is 12.6. The standard InChI is InChI=1S/C20H20FN5/c21-16-7-3-4-8-17(16)24-19-13-18(14-9-11-22-12-10-14)25-20(26-19)23-15-5-1-2-6-15/h3-4,7-13,15H,1-2,5-6H2,(H2,23,24,25,26). The van der Waals surface area contributed by atoms with Crippen LogP contribution in [-0.4, -0.2) is 21.0 Å². The van der Waals surface area contributed by atoms with Gasteiger partial charge >= 0.3 is 0 Å². The van der Waals surface area contributed by atoms with Crippen molar-refractivity contribution >= 4 is 17.5 Å². The van der Waals surface area contributed by atoms with Gasteiger partial charge in [-0.2, -0.15) is 4.98 Å². The summed E-state index contributed by atoms with van der Waals surface area (Å²) in [5.41, 5.74) is 2.09. The van der Waals surface area contributed by atoms with Crippen LogP contribution in [0.25, 0.3) is 11.3 Å². The predicted octanol–water partition coefficient (Wildman–Crippen LogP) is 4.78. The molecule has 1 aromatic carbocycles. The van der Waals surface area contributed by atoms with Gasteiger partial charge in [0.25, 0.3) is 0 Å². The number of hydrogen-bond acceptors (Lipinski definition) is 5. The molecular weight excluding hydrogens is 329 g/mol. The van der Waals surface area contributed by atoms with E-state index in [0.29, 0.717) is 23.5 Å². The Morgan fingerprint density at radius 3 is 2.50 bits per heavy atom. The van der Waals surface area contributed by atoms with Crippen LogP contribution in [-0.2, 0) is 0 Å². The van der Waals surface area contributed by atoms with Crippen LogP contribution in [0.3, 0.4) is 0 Å². The molecule has 0 aliphatic heterocycles. The molecule has 1 fully saturated rings. The van der Waals surface area contributed by atoms with Gasteiger partial charge in [-0.05, 0) is 37.1 Å². The molecule has 1 saturated carbocycles. The fourth-order valence-electron chi connectivity index (χ4n) is 3.20. The number of para-hydroxylation sites is 1. The maximum atomic E-state index is 14.0. The Balaban J connectivity index is 1.68. The van der Waals surface area contributed by atoms with Gasteiger partial charge in [0.2, 0.25) is 5.95 Å². The topological polar surface area (TPSA) is 62.7 Å². The number of pyridine rings is 1. The van der Waals surface area contributed by atoms with Gasteiger partial charge in [0.1, 0.15) is 11.6 Å². The molecule has 132 valence electrons. The highest BCUT2D eigenvalue weighted by atomic mass is 19.1. The monoisotopic (exact) mass is 349 g/mol. The van der Waals surface area contributed by atoms with Gasteiger partial charge in [0, 0.05) is 30.1 Å². The van der Waals surface area contributed by atoms with E-state index >= 15 is 0 Å². The number of halogens is 1. The van der Waals surface area contributed by atoms with Crippen molar-refractivity contribution in [3.05, 3.63) is 60.7 Å². The van der Waals surface area contributed by atoms with E-state index in [1.165, 1.54) is 18.9 Å². The molecule has 5 nitrogen and oxygen atoms in total. The smallest absolute Gasteiger partial charge is 0.225 e. The fraction of sp³-hybridized carbons (Fsp3) is 0.250. The van der Waals surface area contributed by atoms with Crippen LogP contribution >= 0.6 is 0 Å². The van der Waals surface area contributed by atoms with E-state index in [2.05, 4.69) is 25.6 Å². The largest absolute Gasteiger partial charge is 0.351 e. The van der Waals surface area contributed by atoms with Crippen LogP contribution in [0.1, 0.15) is 25.7 Å². The van der Waals surface area contributed by atoms with E-state index in [4.69, 9.17) is 0 Å². The van der Waals surface area contributed by atoms with Crippen LogP contribution < -0.4 is 10.6 Å². The number of rotatable bonds is 5. The Morgan fingerprint density at radius 2 is 1.73 bits per heavy atom. The second-order valence-electron chi connectivity index (χ2n) is 6.43. The minimum Gasteiger partial charge on any atom is -0.351 e. The lowest BCUT2D eigenvalue weighted by Crippen LogP contribution is -2.17. The first kappa shape index (κ1) is 16.4. The summed E-state index contributed by atoms with van der Waals surface area (Å²) < 4.78 is 14.0. The molecule has 3 aromatic rings. The molecule has 2 aromatic heterocycles. The lowest BCUT2D eigenvalue weighted by molar-refractivity contribution is 0.632. The van der Waals surface area contributed by atoms with Crippen molar-refractivity contribution in [1.29, 1.82) is 0 Å². The molecule has 4 rings (SSSR count). The molecule has 0 atom stereocenters. The Bertz CT molecular complexity index is 878. The Labute approximate surface area is 151 Å². The third-order valence-electron chi connectivity index (χ3n) is 4.53. The van der Waals surface area contributed by atoms with Gasteiger partial charge in [-0.1, -0.05) is 25.0 Å². The molecule has 26 heavy (non-hydrogen) atoms. The SMILES string of the molecule is Fc1ccccc1Nc1cc(-c2ccncc2)nc(NC2CCCC2)n1. The molecule has 1 aliphatic rings. The number of nitrogens with one attached hydrogen (secondary N) is 2. The highest BCUT2D eigenvalue weighted by Crippen LogP contribution is 2.26. The van der Waals surface area contributed by atoms with Crippen LogP contribution in [0.5, 0.6) is 0 Å². The summed E-state index contributed by atoms with van der Waals surface area (Å²) in [6.07, 6.45) is 8.15. The Morgan fingerprint density at radius 1 is 0.962 bits per heavy atom. The molecule has 2 N–H and O–H groups in total. The lowest BCUT2D eigenvalue weighted by Gasteiger charge is -2.15. The minimum absolute atomic E-state index is 0.318. The third kappa shape index (κ3) is 3.79. The average Bonchev–Trinajstić information content (AvgIpc) is 3.17. The highest BCUT2D eigenvalue weighted by molar-refractivity contribution is 5.67. The lowest BCUT2D eigenvalue weighted by atomic mass is 10.2. The molecule has 0 spiro atoms. The van der Waals surface area contributed by atoms with Gasteiger partial charge in [-0.3, -0.25) is 4.98 Å². The molecule has 0 radical (unpaired) electrons.